The molecule has 6 atom stereocenters. The molecular weight excluding hydrogens is 697 g/mol. The van der Waals surface area contributed by atoms with Crippen LogP contribution in [-0.4, -0.2) is 79.2 Å². The van der Waals surface area contributed by atoms with E-state index in [1.165, 1.54) is 0 Å². The largest absolute Gasteiger partial charge is 0.374 e. The Morgan fingerprint density at radius 1 is 0.569 bits per heavy atom. The van der Waals surface area contributed by atoms with Gasteiger partial charge in [0.15, 0.2) is 0 Å². The van der Waals surface area contributed by atoms with Gasteiger partial charge in [-0.25, -0.2) is 0 Å². The van der Waals surface area contributed by atoms with Gasteiger partial charge in [-0.05, 0) is 22.3 Å². The molecule has 274 valence electrons. The van der Waals surface area contributed by atoms with E-state index in [0.717, 1.165) is 34.8 Å². The molecule has 0 aliphatic carbocycles. The van der Waals surface area contributed by atoms with Crippen molar-refractivity contribution in [3.63, 3.8) is 0 Å². The fourth-order valence-corrected chi connectivity index (χ4v) is 6.69. The lowest BCUT2D eigenvalue weighted by Crippen LogP contribution is -2.65. The normalized spacial score (nSPS) is 21.6. The predicted molar refractivity (Wildman–Crippen MR) is 190 cm³/mol. The Hall–Kier alpha value is -3.50. The first-order chi connectivity index (χ1) is 24.5. The zero-order chi connectivity index (χ0) is 36.1. The topological polar surface area (TPSA) is 133 Å². The van der Waals surface area contributed by atoms with Gasteiger partial charge in [-0.2, -0.15) is 16.8 Å². The third-order valence-electron chi connectivity index (χ3n) is 8.04. The van der Waals surface area contributed by atoms with Crippen LogP contribution >= 0.6 is 0 Å². The highest BCUT2D eigenvalue weighted by Gasteiger charge is 2.52. The maximum Gasteiger partial charge on any atom is 0.264 e. The van der Waals surface area contributed by atoms with E-state index in [1.807, 2.05) is 121 Å². The fraction of sp³-hybridized carbons (Fsp3) is 0.368. The van der Waals surface area contributed by atoms with Crippen molar-refractivity contribution >= 4 is 20.2 Å². The van der Waals surface area contributed by atoms with Crippen LogP contribution in [0.3, 0.4) is 0 Å². The Labute approximate surface area is 300 Å². The first-order valence-corrected chi connectivity index (χ1v) is 20.1. The SMILES string of the molecule is CS(=O)(=O)OC[C@H](OCc1ccccc1)[C@@H]1O[C@H](COCc2ccccc2)[C@H](OCc2ccccc2)[C@H](OCc2ccccc2)[C@H]1OS(C)(=O)=O. The zero-order valence-electron chi connectivity index (χ0n) is 28.6. The Morgan fingerprint density at radius 3 is 1.49 bits per heavy atom. The molecule has 0 bridgehead atoms. The Balaban J connectivity index is 1.53. The van der Waals surface area contributed by atoms with Gasteiger partial charge in [0.25, 0.3) is 20.2 Å². The minimum atomic E-state index is -4.14. The summed E-state index contributed by atoms with van der Waals surface area (Å²) in [6.07, 6.45) is -4.66. The van der Waals surface area contributed by atoms with Gasteiger partial charge in [0.1, 0.15) is 36.6 Å². The van der Waals surface area contributed by atoms with Crippen molar-refractivity contribution < 1.29 is 48.9 Å². The van der Waals surface area contributed by atoms with Gasteiger partial charge in [-0.3, -0.25) is 8.37 Å². The standard InChI is InChI=1S/C38H44O11S2/c1-50(39,40)47-28-33(44-24-30-17-9-4-10-18-30)36-38(49-51(2,41)42)37(46-26-32-21-13-6-14-22-32)35(45-25-31-19-11-5-12-20-31)34(48-36)27-43-23-29-15-7-3-8-16-29/h3-22,33-38H,23-28H2,1-2H3/t33-,34+,35-,36-,37-,38-/m0/s1. The molecule has 0 saturated carbocycles. The number of rotatable bonds is 19. The second kappa shape index (κ2) is 18.8. The van der Waals surface area contributed by atoms with Gasteiger partial charge in [0, 0.05) is 0 Å². The second-order valence-corrected chi connectivity index (χ2v) is 15.5. The second-order valence-electron chi connectivity index (χ2n) is 12.3. The summed E-state index contributed by atoms with van der Waals surface area (Å²) >= 11 is 0. The zero-order valence-corrected chi connectivity index (χ0v) is 30.2. The van der Waals surface area contributed by atoms with Crippen molar-refractivity contribution in [3.8, 4) is 0 Å². The van der Waals surface area contributed by atoms with Crippen LogP contribution in [0.2, 0.25) is 0 Å². The highest BCUT2D eigenvalue weighted by Crippen LogP contribution is 2.34. The van der Waals surface area contributed by atoms with Crippen LogP contribution in [0, 0.1) is 0 Å². The monoisotopic (exact) mass is 740 g/mol. The number of ether oxygens (including phenoxy) is 5. The molecule has 13 heteroatoms. The summed E-state index contributed by atoms with van der Waals surface area (Å²) in [5.41, 5.74) is 3.43. The number of hydrogen-bond donors (Lipinski definition) is 0. The average Bonchev–Trinajstić information content (AvgIpc) is 3.12. The molecule has 1 fully saturated rings. The molecule has 5 rings (SSSR count). The van der Waals surface area contributed by atoms with Crippen LogP contribution in [0.15, 0.2) is 121 Å². The lowest BCUT2D eigenvalue weighted by atomic mass is 9.91. The van der Waals surface area contributed by atoms with Crippen LogP contribution < -0.4 is 0 Å². The Bertz CT molecular complexity index is 1810. The van der Waals surface area contributed by atoms with Crippen LogP contribution in [0.25, 0.3) is 0 Å². The van der Waals surface area contributed by atoms with E-state index in [0.29, 0.717) is 0 Å². The van der Waals surface area contributed by atoms with Crippen LogP contribution in [0.1, 0.15) is 22.3 Å². The highest BCUT2D eigenvalue weighted by molar-refractivity contribution is 7.86. The van der Waals surface area contributed by atoms with Gasteiger partial charge in [-0.1, -0.05) is 121 Å². The average molecular weight is 741 g/mol. The summed E-state index contributed by atoms with van der Waals surface area (Å²) < 4.78 is 93.5. The molecular formula is C38H44O11S2. The van der Waals surface area contributed by atoms with Crippen molar-refractivity contribution in [3.05, 3.63) is 144 Å². The van der Waals surface area contributed by atoms with E-state index < -0.39 is 63.5 Å². The molecule has 1 heterocycles. The molecule has 0 amide bonds. The van der Waals surface area contributed by atoms with Crippen LogP contribution in [-0.2, 0) is 78.7 Å². The van der Waals surface area contributed by atoms with Gasteiger partial charge in [0.2, 0.25) is 0 Å². The number of benzene rings is 4. The predicted octanol–water partition coefficient (Wildman–Crippen LogP) is 5.05. The first-order valence-electron chi connectivity index (χ1n) is 16.5. The van der Waals surface area contributed by atoms with Crippen molar-refractivity contribution in [2.75, 3.05) is 25.7 Å². The molecule has 0 aromatic heterocycles. The van der Waals surface area contributed by atoms with E-state index in [4.69, 9.17) is 32.1 Å². The molecule has 0 N–H and O–H groups in total. The fourth-order valence-electron chi connectivity index (χ4n) is 5.69. The smallest absolute Gasteiger partial charge is 0.264 e. The van der Waals surface area contributed by atoms with Crippen LogP contribution in [0.4, 0.5) is 0 Å². The minimum Gasteiger partial charge on any atom is -0.374 e. The summed E-state index contributed by atoms with van der Waals surface area (Å²) in [6.45, 7) is 0.0680. The summed E-state index contributed by atoms with van der Waals surface area (Å²) in [4.78, 5) is 0. The lowest BCUT2D eigenvalue weighted by molar-refractivity contribution is -0.276. The summed E-state index contributed by atoms with van der Waals surface area (Å²) in [5, 5.41) is 0. The Kier molecular flexibility index (Phi) is 14.3. The van der Waals surface area contributed by atoms with E-state index in [-0.39, 0.29) is 33.0 Å². The molecule has 1 aliphatic heterocycles. The van der Waals surface area contributed by atoms with Gasteiger partial charge in [0.05, 0.1) is 52.2 Å². The highest BCUT2D eigenvalue weighted by atomic mass is 32.2. The molecule has 4 aromatic rings. The molecule has 51 heavy (non-hydrogen) atoms. The van der Waals surface area contributed by atoms with Crippen molar-refractivity contribution in [2.24, 2.45) is 0 Å². The minimum absolute atomic E-state index is 0.0139. The maximum absolute atomic E-state index is 12.9. The van der Waals surface area contributed by atoms with Crippen molar-refractivity contribution in [1.29, 1.82) is 0 Å². The van der Waals surface area contributed by atoms with Crippen molar-refractivity contribution in [1.82, 2.24) is 0 Å². The summed E-state index contributed by atoms with van der Waals surface area (Å²) in [6, 6.07) is 37.7. The van der Waals surface area contributed by atoms with Gasteiger partial charge < -0.3 is 23.7 Å². The molecule has 1 aliphatic rings. The summed E-state index contributed by atoms with van der Waals surface area (Å²) in [7, 11) is -8.08. The first kappa shape index (κ1) is 38.7. The van der Waals surface area contributed by atoms with E-state index in [1.54, 1.807) is 0 Å². The maximum atomic E-state index is 12.9. The van der Waals surface area contributed by atoms with Crippen LogP contribution in [0.5, 0.6) is 0 Å². The van der Waals surface area contributed by atoms with E-state index >= 15 is 0 Å². The van der Waals surface area contributed by atoms with Crippen molar-refractivity contribution in [2.45, 2.75) is 63.1 Å². The third-order valence-corrected chi connectivity index (χ3v) is 9.18. The molecule has 4 aromatic carbocycles. The van der Waals surface area contributed by atoms with E-state index in [9.17, 15) is 16.8 Å². The molecule has 0 unspecified atom stereocenters. The number of hydrogen-bond acceptors (Lipinski definition) is 11. The van der Waals surface area contributed by atoms with E-state index in [2.05, 4.69) is 0 Å². The molecule has 11 nitrogen and oxygen atoms in total. The molecule has 0 spiro atoms. The lowest BCUT2D eigenvalue weighted by Gasteiger charge is -2.47. The molecule has 0 radical (unpaired) electrons. The van der Waals surface area contributed by atoms with Gasteiger partial charge in [-0.15, -0.1) is 0 Å². The quantitative estimate of drug-likeness (QED) is 0.120. The Morgan fingerprint density at radius 2 is 1.02 bits per heavy atom. The third kappa shape index (κ3) is 12.9. The van der Waals surface area contributed by atoms with Gasteiger partial charge >= 0.3 is 0 Å². The molecule has 1 saturated heterocycles. The summed E-state index contributed by atoms with van der Waals surface area (Å²) in [5.74, 6) is 0.